The van der Waals surface area contributed by atoms with Gasteiger partial charge in [-0.15, -0.1) is 0 Å². The summed E-state index contributed by atoms with van der Waals surface area (Å²) in [6.07, 6.45) is 3.45. The van der Waals surface area contributed by atoms with E-state index >= 15 is 0 Å². The molecule has 0 aliphatic rings. The second-order valence-electron chi connectivity index (χ2n) is 4.96. The highest BCUT2D eigenvalue weighted by Gasteiger charge is 2.15. The highest BCUT2D eigenvalue weighted by atomic mass is 32.1. The van der Waals surface area contributed by atoms with Gasteiger partial charge in [-0.3, -0.25) is 4.68 Å². The zero-order valence-corrected chi connectivity index (χ0v) is 13.4. The number of rotatable bonds is 6. The van der Waals surface area contributed by atoms with Crippen LogP contribution in [-0.2, 0) is 6.54 Å². The fraction of sp³-hybridized carbons (Fsp3) is 0.429. The average Bonchev–Trinajstić information content (AvgIpc) is 3.10. The van der Waals surface area contributed by atoms with Gasteiger partial charge in [0.05, 0.1) is 17.9 Å². The van der Waals surface area contributed by atoms with E-state index in [4.69, 9.17) is 0 Å². The molecule has 21 heavy (non-hydrogen) atoms. The van der Waals surface area contributed by atoms with Crippen LogP contribution in [0.15, 0.2) is 29.2 Å². The number of anilines is 1. The van der Waals surface area contributed by atoms with Crippen molar-refractivity contribution in [1.82, 2.24) is 20.0 Å². The zero-order valence-electron chi connectivity index (χ0n) is 12.5. The molecule has 2 N–H and O–H groups in total. The summed E-state index contributed by atoms with van der Waals surface area (Å²) in [6, 6.07) is 2.04. The molecule has 0 unspecified atom stereocenters. The monoisotopic (exact) mass is 307 g/mol. The van der Waals surface area contributed by atoms with E-state index in [0.29, 0.717) is 12.2 Å². The fourth-order valence-electron chi connectivity index (χ4n) is 2.03. The number of hydrogen-bond acceptors (Lipinski definition) is 4. The lowest BCUT2D eigenvalue weighted by molar-refractivity contribution is 0.243. The van der Waals surface area contributed by atoms with Gasteiger partial charge in [0.2, 0.25) is 0 Å². The first-order valence-corrected chi connectivity index (χ1v) is 7.80. The number of nitrogens with zero attached hydrogens (tertiary/aromatic N) is 3. The van der Waals surface area contributed by atoms with Crippen molar-refractivity contribution in [3.8, 4) is 0 Å². The van der Waals surface area contributed by atoms with Crippen molar-refractivity contribution >= 4 is 23.1 Å². The Hall–Kier alpha value is -1.86. The second kappa shape index (κ2) is 7.24. The number of likely N-dealkylation sites (N-methyl/N-ethyl adjacent to an activating group) is 1. The summed E-state index contributed by atoms with van der Waals surface area (Å²) in [5, 5.41) is 14.0. The Kier molecular flexibility index (Phi) is 5.35. The molecule has 0 aliphatic carbocycles. The summed E-state index contributed by atoms with van der Waals surface area (Å²) in [6.45, 7) is 3.33. The van der Waals surface area contributed by atoms with Gasteiger partial charge < -0.3 is 15.5 Å². The normalized spacial score (nSPS) is 12.4. The van der Waals surface area contributed by atoms with Gasteiger partial charge in [-0.05, 0) is 43.4 Å². The average molecular weight is 307 g/mol. The standard InChI is InChI=1S/C14H21N5OS/c1-4-19-9-12(7-16-19)17-14(20)15-8-13(18(2)3)11-5-6-21-10-11/h5-7,9-10,13H,4,8H2,1-3H3,(H2,15,17,20)/t13-/m0/s1. The first kappa shape index (κ1) is 15.5. The summed E-state index contributed by atoms with van der Waals surface area (Å²) >= 11 is 1.66. The van der Waals surface area contributed by atoms with Crippen molar-refractivity contribution in [2.75, 3.05) is 26.0 Å². The lowest BCUT2D eigenvalue weighted by atomic mass is 10.1. The predicted molar refractivity (Wildman–Crippen MR) is 85.7 cm³/mol. The summed E-state index contributed by atoms with van der Waals surface area (Å²) in [5.74, 6) is 0. The number of urea groups is 1. The van der Waals surface area contributed by atoms with Crippen LogP contribution >= 0.6 is 11.3 Å². The molecule has 2 aromatic rings. The summed E-state index contributed by atoms with van der Waals surface area (Å²) < 4.78 is 1.77. The van der Waals surface area contributed by atoms with Gasteiger partial charge in [0, 0.05) is 19.3 Å². The molecule has 0 aromatic carbocycles. The largest absolute Gasteiger partial charge is 0.336 e. The number of aromatic nitrogens is 2. The molecule has 1 atom stereocenters. The smallest absolute Gasteiger partial charge is 0.319 e. The van der Waals surface area contributed by atoms with Crippen LogP contribution in [0.3, 0.4) is 0 Å². The topological polar surface area (TPSA) is 62.2 Å². The Morgan fingerprint density at radius 3 is 2.90 bits per heavy atom. The zero-order chi connectivity index (χ0) is 15.2. The van der Waals surface area contributed by atoms with Gasteiger partial charge in [0.15, 0.2) is 0 Å². The minimum absolute atomic E-state index is 0.167. The number of carbonyl (C=O) groups excluding carboxylic acids is 1. The SMILES string of the molecule is CCn1cc(NC(=O)NC[C@@H](c2ccsc2)N(C)C)cn1. The van der Waals surface area contributed by atoms with Crippen LogP contribution in [0.5, 0.6) is 0 Å². The van der Waals surface area contributed by atoms with Gasteiger partial charge in [0.1, 0.15) is 0 Å². The molecule has 7 heteroatoms. The molecule has 0 saturated heterocycles. The molecule has 0 saturated carbocycles. The molecule has 114 valence electrons. The van der Waals surface area contributed by atoms with Gasteiger partial charge >= 0.3 is 6.03 Å². The molecule has 6 nitrogen and oxygen atoms in total. The quantitative estimate of drug-likeness (QED) is 0.861. The van der Waals surface area contributed by atoms with E-state index in [2.05, 4.69) is 32.1 Å². The van der Waals surface area contributed by atoms with Crippen molar-refractivity contribution < 1.29 is 4.79 Å². The van der Waals surface area contributed by atoms with Gasteiger partial charge in [-0.1, -0.05) is 0 Å². The number of hydrogen-bond donors (Lipinski definition) is 2. The number of thiophene rings is 1. The highest BCUT2D eigenvalue weighted by Crippen LogP contribution is 2.19. The number of aryl methyl sites for hydroxylation is 1. The van der Waals surface area contributed by atoms with Crippen LogP contribution in [0.2, 0.25) is 0 Å². The van der Waals surface area contributed by atoms with Crippen LogP contribution in [0, 0.1) is 0 Å². The fourth-order valence-corrected chi connectivity index (χ4v) is 2.74. The third-order valence-electron chi connectivity index (χ3n) is 3.22. The number of carbonyl (C=O) groups is 1. The van der Waals surface area contributed by atoms with E-state index < -0.39 is 0 Å². The molecule has 2 rings (SSSR count). The minimum Gasteiger partial charge on any atom is -0.336 e. The van der Waals surface area contributed by atoms with E-state index in [-0.39, 0.29) is 12.1 Å². The lowest BCUT2D eigenvalue weighted by Gasteiger charge is -2.23. The molecule has 2 amide bonds. The predicted octanol–water partition coefficient (Wildman–Crippen LogP) is 2.39. The van der Waals surface area contributed by atoms with Crippen LogP contribution in [-0.4, -0.2) is 41.4 Å². The second-order valence-corrected chi connectivity index (χ2v) is 5.74. The molecule has 2 aromatic heterocycles. The van der Waals surface area contributed by atoms with Gasteiger partial charge in [0.25, 0.3) is 0 Å². The van der Waals surface area contributed by atoms with E-state index in [0.717, 1.165) is 6.54 Å². The Balaban J connectivity index is 1.87. The third-order valence-corrected chi connectivity index (χ3v) is 3.92. The molecule has 0 bridgehead atoms. The van der Waals surface area contributed by atoms with Crippen molar-refractivity contribution in [2.24, 2.45) is 0 Å². The first-order valence-electron chi connectivity index (χ1n) is 6.86. The molecule has 0 aliphatic heterocycles. The highest BCUT2D eigenvalue weighted by molar-refractivity contribution is 7.07. The maximum Gasteiger partial charge on any atom is 0.319 e. The summed E-state index contributed by atoms with van der Waals surface area (Å²) in [7, 11) is 4.01. The Bertz CT molecular complexity index is 564. The third kappa shape index (κ3) is 4.30. The molecule has 0 radical (unpaired) electrons. The number of amides is 2. The summed E-state index contributed by atoms with van der Waals surface area (Å²) in [4.78, 5) is 14.0. The van der Waals surface area contributed by atoms with E-state index in [1.54, 1.807) is 22.2 Å². The summed E-state index contributed by atoms with van der Waals surface area (Å²) in [5.41, 5.74) is 1.91. The first-order chi connectivity index (χ1) is 10.1. The lowest BCUT2D eigenvalue weighted by Crippen LogP contribution is -2.36. The van der Waals surface area contributed by atoms with Crippen LogP contribution in [0.1, 0.15) is 18.5 Å². The Morgan fingerprint density at radius 1 is 1.52 bits per heavy atom. The van der Waals surface area contributed by atoms with Crippen LogP contribution < -0.4 is 10.6 Å². The van der Waals surface area contributed by atoms with E-state index in [1.165, 1.54) is 5.56 Å². The minimum atomic E-state index is -0.215. The Morgan fingerprint density at radius 2 is 2.33 bits per heavy atom. The van der Waals surface area contributed by atoms with E-state index in [9.17, 15) is 4.79 Å². The van der Waals surface area contributed by atoms with Crippen molar-refractivity contribution in [3.63, 3.8) is 0 Å². The van der Waals surface area contributed by atoms with Crippen LogP contribution in [0.4, 0.5) is 10.5 Å². The molecule has 0 spiro atoms. The Labute approximate surface area is 128 Å². The molecule has 2 heterocycles. The van der Waals surface area contributed by atoms with Crippen molar-refractivity contribution in [2.45, 2.75) is 19.5 Å². The van der Waals surface area contributed by atoms with E-state index in [1.807, 2.05) is 32.6 Å². The maximum atomic E-state index is 11.9. The van der Waals surface area contributed by atoms with Crippen molar-refractivity contribution in [1.29, 1.82) is 0 Å². The molecule has 0 fully saturated rings. The van der Waals surface area contributed by atoms with Crippen molar-refractivity contribution in [3.05, 3.63) is 34.8 Å². The maximum absolute atomic E-state index is 11.9. The number of nitrogens with one attached hydrogen (secondary N) is 2. The van der Waals surface area contributed by atoms with Crippen LogP contribution in [0.25, 0.3) is 0 Å². The van der Waals surface area contributed by atoms with Gasteiger partial charge in [-0.2, -0.15) is 16.4 Å². The molecular formula is C14H21N5OS. The van der Waals surface area contributed by atoms with Gasteiger partial charge in [-0.25, -0.2) is 4.79 Å². The molecular weight excluding hydrogens is 286 g/mol.